The molecule has 1 aromatic carbocycles. The van der Waals surface area contributed by atoms with E-state index in [-0.39, 0.29) is 24.1 Å². The van der Waals surface area contributed by atoms with Crippen LogP contribution in [0, 0.1) is 0 Å². The fourth-order valence-corrected chi connectivity index (χ4v) is 2.66. The number of aliphatic hydroxyl groups excluding tert-OH is 1. The molecule has 1 aromatic heterocycles. The molecule has 0 radical (unpaired) electrons. The predicted molar refractivity (Wildman–Crippen MR) is 73.6 cm³/mol. The van der Waals surface area contributed by atoms with E-state index in [2.05, 4.69) is 0 Å². The van der Waals surface area contributed by atoms with Crippen LogP contribution in [0.5, 0.6) is 0 Å². The highest BCUT2D eigenvalue weighted by Crippen LogP contribution is 2.20. The van der Waals surface area contributed by atoms with Gasteiger partial charge in [0.25, 0.3) is 5.91 Å². The van der Waals surface area contributed by atoms with E-state index in [1.165, 1.54) is 0 Å². The van der Waals surface area contributed by atoms with Gasteiger partial charge in [0.1, 0.15) is 11.1 Å². The van der Waals surface area contributed by atoms with Crippen LogP contribution in [-0.2, 0) is 0 Å². The SMILES string of the molecule is O=C(c1cc2ccccc2oc1=O)N1CCC[C@H]1CO. The summed E-state index contributed by atoms with van der Waals surface area (Å²) in [4.78, 5) is 25.9. The summed E-state index contributed by atoms with van der Waals surface area (Å²) < 4.78 is 5.18. The van der Waals surface area contributed by atoms with Crippen LogP contribution in [0.4, 0.5) is 0 Å². The first-order valence-electron chi connectivity index (χ1n) is 6.65. The van der Waals surface area contributed by atoms with Crippen LogP contribution in [-0.4, -0.2) is 35.1 Å². The van der Waals surface area contributed by atoms with Gasteiger partial charge in [-0.1, -0.05) is 18.2 Å². The zero-order valence-electron chi connectivity index (χ0n) is 10.9. The lowest BCUT2D eigenvalue weighted by molar-refractivity contribution is 0.0673. The number of para-hydroxylation sites is 1. The summed E-state index contributed by atoms with van der Waals surface area (Å²) in [7, 11) is 0. The third-order valence-corrected chi connectivity index (χ3v) is 3.72. The molecule has 0 bridgehead atoms. The Bertz CT molecular complexity index is 706. The molecule has 5 nitrogen and oxygen atoms in total. The monoisotopic (exact) mass is 273 g/mol. The normalized spacial score (nSPS) is 18.6. The maximum atomic E-state index is 12.4. The van der Waals surface area contributed by atoms with Crippen LogP contribution >= 0.6 is 0 Å². The molecule has 1 atom stereocenters. The van der Waals surface area contributed by atoms with Crippen molar-refractivity contribution in [2.45, 2.75) is 18.9 Å². The topological polar surface area (TPSA) is 70.8 Å². The highest BCUT2D eigenvalue weighted by atomic mass is 16.4. The van der Waals surface area contributed by atoms with E-state index in [9.17, 15) is 14.7 Å². The quantitative estimate of drug-likeness (QED) is 0.839. The third-order valence-electron chi connectivity index (χ3n) is 3.72. The Balaban J connectivity index is 2.03. The number of likely N-dealkylation sites (tertiary alicyclic amines) is 1. The number of nitrogens with zero attached hydrogens (tertiary/aromatic N) is 1. The molecule has 1 amide bonds. The molecule has 0 aliphatic carbocycles. The fraction of sp³-hybridized carbons (Fsp3) is 0.333. The molecule has 2 heterocycles. The Labute approximate surface area is 115 Å². The van der Waals surface area contributed by atoms with E-state index < -0.39 is 5.63 Å². The first-order valence-corrected chi connectivity index (χ1v) is 6.65. The highest BCUT2D eigenvalue weighted by molar-refractivity contribution is 5.97. The highest BCUT2D eigenvalue weighted by Gasteiger charge is 2.30. The van der Waals surface area contributed by atoms with Crippen LogP contribution in [0.3, 0.4) is 0 Å². The van der Waals surface area contributed by atoms with Gasteiger partial charge in [0.15, 0.2) is 0 Å². The number of hydrogen-bond donors (Lipinski definition) is 1. The molecular formula is C15H15NO4. The number of rotatable bonds is 2. The Hall–Kier alpha value is -2.14. The van der Waals surface area contributed by atoms with Crippen LogP contribution in [0.1, 0.15) is 23.2 Å². The van der Waals surface area contributed by atoms with Crippen molar-refractivity contribution in [1.29, 1.82) is 0 Å². The molecule has 0 spiro atoms. The van der Waals surface area contributed by atoms with Crippen molar-refractivity contribution in [2.75, 3.05) is 13.2 Å². The number of hydrogen-bond acceptors (Lipinski definition) is 4. The average Bonchev–Trinajstić information content (AvgIpc) is 2.94. The fourth-order valence-electron chi connectivity index (χ4n) is 2.66. The van der Waals surface area contributed by atoms with Crippen molar-refractivity contribution in [2.24, 2.45) is 0 Å². The molecule has 0 saturated carbocycles. The van der Waals surface area contributed by atoms with E-state index in [1.54, 1.807) is 29.2 Å². The number of amides is 1. The predicted octanol–water partition coefficient (Wildman–Crippen LogP) is 1.39. The molecule has 2 aromatic rings. The summed E-state index contributed by atoms with van der Waals surface area (Å²) in [5.74, 6) is -0.360. The summed E-state index contributed by atoms with van der Waals surface area (Å²) in [6, 6.07) is 8.45. The van der Waals surface area contributed by atoms with Gasteiger partial charge in [0.05, 0.1) is 12.6 Å². The number of aliphatic hydroxyl groups is 1. The maximum absolute atomic E-state index is 12.4. The molecule has 1 N–H and O–H groups in total. The molecule has 1 saturated heterocycles. The Morgan fingerprint density at radius 1 is 1.40 bits per heavy atom. The van der Waals surface area contributed by atoms with Crippen molar-refractivity contribution >= 4 is 16.9 Å². The summed E-state index contributed by atoms with van der Waals surface area (Å²) in [5.41, 5.74) is -0.129. The van der Waals surface area contributed by atoms with Gasteiger partial charge in [0.2, 0.25) is 0 Å². The maximum Gasteiger partial charge on any atom is 0.349 e. The Morgan fingerprint density at radius 2 is 2.20 bits per heavy atom. The van der Waals surface area contributed by atoms with Crippen LogP contribution in [0.15, 0.2) is 39.5 Å². The van der Waals surface area contributed by atoms with E-state index >= 15 is 0 Å². The van der Waals surface area contributed by atoms with E-state index in [0.29, 0.717) is 12.1 Å². The van der Waals surface area contributed by atoms with Gasteiger partial charge in [-0.2, -0.15) is 0 Å². The Morgan fingerprint density at radius 3 is 3.00 bits per heavy atom. The lowest BCUT2D eigenvalue weighted by Crippen LogP contribution is -2.39. The molecule has 3 rings (SSSR count). The van der Waals surface area contributed by atoms with Crippen molar-refractivity contribution in [3.63, 3.8) is 0 Å². The molecule has 5 heteroatoms. The van der Waals surface area contributed by atoms with Crippen molar-refractivity contribution in [3.05, 3.63) is 46.3 Å². The minimum Gasteiger partial charge on any atom is -0.422 e. The van der Waals surface area contributed by atoms with Crippen LogP contribution in [0.2, 0.25) is 0 Å². The molecule has 20 heavy (non-hydrogen) atoms. The second-order valence-corrected chi connectivity index (χ2v) is 4.96. The molecule has 104 valence electrons. The average molecular weight is 273 g/mol. The smallest absolute Gasteiger partial charge is 0.349 e. The minimum atomic E-state index is -0.628. The largest absolute Gasteiger partial charge is 0.422 e. The number of carbonyl (C=O) groups excluding carboxylic acids is 1. The molecular weight excluding hydrogens is 258 g/mol. The molecule has 1 aliphatic rings. The number of benzene rings is 1. The second kappa shape index (κ2) is 5.09. The lowest BCUT2D eigenvalue weighted by atomic mass is 10.1. The van der Waals surface area contributed by atoms with Crippen molar-refractivity contribution in [3.8, 4) is 0 Å². The summed E-state index contributed by atoms with van der Waals surface area (Å²) in [6.07, 6.45) is 1.61. The van der Waals surface area contributed by atoms with Crippen LogP contribution < -0.4 is 5.63 Å². The van der Waals surface area contributed by atoms with Gasteiger partial charge in [-0.3, -0.25) is 4.79 Å². The van der Waals surface area contributed by atoms with Crippen molar-refractivity contribution < 1.29 is 14.3 Å². The van der Waals surface area contributed by atoms with Gasteiger partial charge in [-0.25, -0.2) is 4.79 Å². The Kier molecular flexibility index (Phi) is 3.28. The van der Waals surface area contributed by atoms with Crippen LogP contribution in [0.25, 0.3) is 11.0 Å². The standard InChI is InChI=1S/C15H15NO4/c17-9-11-5-3-7-16(11)14(18)12-8-10-4-1-2-6-13(10)20-15(12)19/h1-2,4,6,8,11,17H,3,5,7,9H2/t11-/m0/s1. The molecule has 1 fully saturated rings. The zero-order valence-corrected chi connectivity index (χ0v) is 10.9. The minimum absolute atomic E-state index is 0.0315. The zero-order chi connectivity index (χ0) is 14.1. The summed E-state index contributed by atoms with van der Waals surface area (Å²) in [5, 5.41) is 10.00. The summed E-state index contributed by atoms with van der Waals surface area (Å²) in [6.45, 7) is 0.487. The van der Waals surface area contributed by atoms with Gasteiger partial charge in [-0.15, -0.1) is 0 Å². The van der Waals surface area contributed by atoms with Gasteiger partial charge in [0, 0.05) is 11.9 Å². The second-order valence-electron chi connectivity index (χ2n) is 4.96. The van der Waals surface area contributed by atoms with E-state index in [4.69, 9.17) is 4.42 Å². The van der Waals surface area contributed by atoms with Gasteiger partial charge < -0.3 is 14.4 Å². The number of fused-ring (bicyclic) bond motifs is 1. The van der Waals surface area contributed by atoms with Gasteiger partial charge in [-0.05, 0) is 25.0 Å². The first kappa shape index (κ1) is 12.9. The van der Waals surface area contributed by atoms with Crippen molar-refractivity contribution in [1.82, 2.24) is 4.90 Å². The van der Waals surface area contributed by atoms with E-state index in [1.807, 2.05) is 6.07 Å². The van der Waals surface area contributed by atoms with Gasteiger partial charge >= 0.3 is 5.63 Å². The molecule has 0 unspecified atom stereocenters. The third kappa shape index (κ3) is 2.10. The lowest BCUT2D eigenvalue weighted by Gasteiger charge is -2.22. The molecule has 1 aliphatic heterocycles. The summed E-state index contributed by atoms with van der Waals surface area (Å²) >= 11 is 0. The van der Waals surface area contributed by atoms with E-state index in [0.717, 1.165) is 18.2 Å². The number of carbonyl (C=O) groups is 1. The first-order chi connectivity index (χ1) is 9.70.